The number of hydrogen-bond acceptors (Lipinski definition) is 6. The molecular weight excluding hydrogens is 294 g/mol. The summed E-state index contributed by atoms with van der Waals surface area (Å²) in [5.74, 6) is -0.483. The maximum atomic E-state index is 11.9. The summed E-state index contributed by atoms with van der Waals surface area (Å²) in [6.07, 6.45) is 0.261. The zero-order valence-electron chi connectivity index (χ0n) is 12.1. The highest BCUT2D eigenvalue weighted by Crippen LogP contribution is 2.30. The zero-order valence-corrected chi connectivity index (χ0v) is 12.1. The quantitative estimate of drug-likeness (QED) is 0.370. The standard InChI is InChI=1S/C12H15N5O5/c1-6-4-17(12(20)14-11(6)19)10-3-8(15-16-13)9(22-10)5-21-7(2)18/h4,8-10H,3,5H2,1-2H3,(H,14,19,20). The van der Waals surface area contributed by atoms with Gasteiger partial charge in [0.2, 0.25) is 0 Å². The van der Waals surface area contributed by atoms with Gasteiger partial charge in [0.15, 0.2) is 0 Å². The molecule has 1 saturated heterocycles. The van der Waals surface area contributed by atoms with Gasteiger partial charge >= 0.3 is 11.7 Å². The van der Waals surface area contributed by atoms with Crippen LogP contribution in [0.5, 0.6) is 0 Å². The number of aryl methyl sites for hydroxylation is 1. The molecule has 10 nitrogen and oxygen atoms in total. The van der Waals surface area contributed by atoms with Crippen LogP contribution in [0.15, 0.2) is 20.9 Å². The summed E-state index contributed by atoms with van der Waals surface area (Å²) in [4.78, 5) is 39.0. The number of hydrogen-bond donors (Lipinski definition) is 1. The minimum absolute atomic E-state index is 0.0768. The number of nitrogens with zero attached hydrogens (tertiary/aromatic N) is 4. The number of esters is 1. The van der Waals surface area contributed by atoms with E-state index in [0.29, 0.717) is 5.56 Å². The Balaban J connectivity index is 2.25. The predicted octanol–water partition coefficient (Wildman–Crippen LogP) is 0.375. The Bertz CT molecular complexity index is 732. The molecule has 0 aromatic carbocycles. The lowest BCUT2D eigenvalue weighted by atomic mass is 10.1. The van der Waals surface area contributed by atoms with Crippen molar-refractivity contribution in [2.24, 2.45) is 5.11 Å². The van der Waals surface area contributed by atoms with Crippen molar-refractivity contribution in [1.82, 2.24) is 9.55 Å². The third-order valence-corrected chi connectivity index (χ3v) is 3.31. The van der Waals surface area contributed by atoms with Crippen molar-refractivity contribution < 1.29 is 14.3 Å². The lowest BCUT2D eigenvalue weighted by Crippen LogP contribution is -2.33. The smallest absolute Gasteiger partial charge is 0.330 e. The third-order valence-electron chi connectivity index (χ3n) is 3.31. The molecule has 118 valence electrons. The number of H-pyrrole nitrogens is 1. The summed E-state index contributed by atoms with van der Waals surface area (Å²) in [5.41, 5.74) is 7.86. The maximum absolute atomic E-state index is 11.9. The van der Waals surface area contributed by atoms with Crippen molar-refractivity contribution in [3.8, 4) is 0 Å². The molecule has 0 saturated carbocycles. The number of aromatic nitrogens is 2. The van der Waals surface area contributed by atoms with E-state index in [1.807, 2.05) is 0 Å². The average molecular weight is 309 g/mol. The molecule has 1 aliphatic heterocycles. The van der Waals surface area contributed by atoms with Crippen LogP contribution in [0.4, 0.5) is 0 Å². The van der Waals surface area contributed by atoms with Gasteiger partial charge in [-0.1, -0.05) is 5.11 Å². The summed E-state index contributed by atoms with van der Waals surface area (Å²) < 4.78 is 11.7. The molecule has 1 fully saturated rings. The van der Waals surface area contributed by atoms with Crippen LogP contribution in [-0.4, -0.2) is 34.3 Å². The summed E-state index contributed by atoms with van der Waals surface area (Å²) in [5, 5.41) is 3.61. The molecule has 3 atom stereocenters. The van der Waals surface area contributed by atoms with Gasteiger partial charge in [0.05, 0.1) is 6.04 Å². The van der Waals surface area contributed by atoms with Crippen molar-refractivity contribution in [2.45, 2.75) is 38.6 Å². The van der Waals surface area contributed by atoms with Crippen molar-refractivity contribution >= 4 is 5.97 Å². The highest BCUT2D eigenvalue weighted by molar-refractivity contribution is 5.65. The van der Waals surface area contributed by atoms with E-state index in [0.717, 1.165) is 0 Å². The Morgan fingerprint density at radius 2 is 2.36 bits per heavy atom. The number of ether oxygens (including phenoxy) is 2. The van der Waals surface area contributed by atoms with Gasteiger partial charge in [0.1, 0.15) is 18.9 Å². The second-order valence-electron chi connectivity index (χ2n) is 4.92. The molecule has 1 N–H and O–H groups in total. The Morgan fingerprint density at radius 1 is 1.64 bits per heavy atom. The first-order valence-corrected chi connectivity index (χ1v) is 6.57. The minimum atomic E-state index is -0.709. The fourth-order valence-electron chi connectivity index (χ4n) is 2.22. The van der Waals surface area contributed by atoms with Gasteiger partial charge in [0, 0.05) is 30.0 Å². The molecule has 2 heterocycles. The summed E-state index contributed by atoms with van der Waals surface area (Å²) >= 11 is 0. The summed E-state index contributed by atoms with van der Waals surface area (Å²) in [6.45, 7) is 2.74. The van der Waals surface area contributed by atoms with E-state index in [1.165, 1.54) is 17.7 Å². The van der Waals surface area contributed by atoms with Crippen molar-refractivity contribution in [3.05, 3.63) is 43.0 Å². The Kier molecular flexibility index (Phi) is 4.64. The maximum Gasteiger partial charge on any atom is 0.330 e. The Hall–Kier alpha value is -2.58. The fraction of sp³-hybridized carbons (Fsp3) is 0.583. The van der Waals surface area contributed by atoms with Crippen molar-refractivity contribution in [1.29, 1.82) is 0 Å². The van der Waals surface area contributed by atoms with Crippen molar-refractivity contribution in [3.63, 3.8) is 0 Å². The minimum Gasteiger partial charge on any atom is -0.463 e. The van der Waals surface area contributed by atoms with E-state index >= 15 is 0 Å². The largest absolute Gasteiger partial charge is 0.463 e. The number of nitrogens with one attached hydrogen (secondary N) is 1. The zero-order chi connectivity index (χ0) is 16.3. The van der Waals surface area contributed by atoms with Crippen LogP contribution in [-0.2, 0) is 14.3 Å². The first kappa shape index (κ1) is 15.8. The first-order chi connectivity index (χ1) is 10.4. The van der Waals surface area contributed by atoms with E-state index in [-0.39, 0.29) is 13.0 Å². The monoisotopic (exact) mass is 309 g/mol. The SMILES string of the molecule is CC(=O)OCC1OC(n2cc(C)c(=O)[nH]c2=O)CC1N=[N+]=[N-]. The fourth-order valence-corrected chi connectivity index (χ4v) is 2.22. The summed E-state index contributed by atoms with van der Waals surface area (Å²) in [7, 11) is 0. The summed E-state index contributed by atoms with van der Waals surface area (Å²) in [6, 6.07) is -0.575. The third kappa shape index (κ3) is 3.35. The van der Waals surface area contributed by atoms with Gasteiger partial charge in [-0.05, 0) is 12.5 Å². The molecule has 1 aromatic rings. The lowest BCUT2D eigenvalue weighted by Gasteiger charge is -2.16. The van der Waals surface area contributed by atoms with Crippen LogP contribution in [0.2, 0.25) is 0 Å². The molecule has 10 heteroatoms. The number of carbonyl (C=O) groups excluding carboxylic acids is 1. The molecule has 0 radical (unpaired) electrons. The highest BCUT2D eigenvalue weighted by atomic mass is 16.6. The first-order valence-electron chi connectivity index (χ1n) is 6.57. The van der Waals surface area contributed by atoms with Crippen LogP contribution in [0.1, 0.15) is 25.1 Å². The Labute approximate surface area is 124 Å². The predicted molar refractivity (Wildman–Crippen MR) is 74.2 cm³/mol. The molecule has 22 heavy (non-hydrogen) atoms. The van der Waals surface area contributed by atoms with Gasteiger partial charge in [-0.3, -0.25) is 19.1 Å². The molecule has 0 aliphatic carbocycles. The molecular formula is C12H15N5O5. The number of carbonyl (C=O) groups is 1. The average Bonchev–Trinajstić information content (AvgIpc) is 2.84. The van der Waals surface area contributed by atoms with Gasteiger partial charge < -0.3 is 9.47 Å². The van der Waals surface area contributed by atoms with Gasteiger partial charge in [-0.25, -0.2) is 4.79 Å². The van der Waals surface area contributed by atoms with Gasteiger partial charge in [-0.2, -0.15) is 0 Å². The topological polar surface area (TPSA) is 139 Å². The second-order valence-corrected chi connectivity index (χ2v) is 4.92. The van der Waals surface area contributed by atoms with Crippen LogP contribution in [0, 0.1) is 6.92 Å². The van der Waals surface area contributed by atoms with Crippen LogP contribution in [0.25, 0.3) is 10.4 Å². The van der Waals surface area contributed by atoms with E-state index in [9.17, 15) is 14.4 Å². The number of rotatable bonds is 4. The number of azide groups is 1. The van der Waals surface area contributed by atoms with E-state index in [2.05, 4.69) is 15.0 Å². The molecule has 0 bridgehead atoms. The second kappa shape index (κ2) is 6.46. The van der Waals surface area contributed by atoms with Crippen LogP contribution in [0.3, 0.4) is 0 Å². The van der Waals surface area contributed by atoms with Gasteiger partial charge in [0.25, 0.3) is 5.56 Å². The molecule has 3 unspecified atom stereocenters. The lowest BCUT2D eigenvalue weighted by molar-refractivity contribution is -0.146. The van der Waals surface area contributed by atoms with Crippen LogP contribution < -0.4 is 11.2 Å². The van der Waals surface area contributed by atoms with Crippen LogP contribution >= 0.6 is 0 Å². The highest BCUT2D eigenvalue weighted by Gasteiger charge is 2.36. The van der Waals surface area contributed by atoms with E-state index in [1.54, 1.807) is 6.92 Å². The molecule has 1 aliphatic rings. The number of aromatic amines is 1. The Morgan fingerprint density at radius 3 is 3.00 bits per heavy atom. The van der Waals surface area contributed by atoms with E-state index < -0.39 is 35.6 Å². The van der Waals surface area contributed by atoms with Crippen molar-refractivity contribution in [2.75, 3.05) is 6.61 Å². The molecule has 1 aromatic heterocycles. The molecule has 0 amide bonds. The van der Waals surface area contributed by atoms with Gasteiger partial charge in [-0.15, -0.1) is 0 Å². The van der Waals surface area contributed by atoms with E-state index in [4.69, 9.17) is 15.0 Å². The normalized spacial score (nSPS) is 23.8. The molecule has 2 rings (SSSR count). The molecule has 0 spiro atoms.